The van der Waals surface area contributed by atoms with Crippen LogP contribution in [0.3, 0.4) is 0 Å². The summed E-state index contributed by atoms with van der Waals surface area (Å²) in [5, 5.41) is 1.57. The Morgan fingerprint density at radius 2 is 2.15 bits per heavy atom. The summed E-state index contributed by atoms with van der Waals surface area (Å²) in [4.78, 5) is 12.2. The van der Waals surface area contributed by atoms with Gasteiger partial charge < -0.3 is 5.43 Å². The van der Waals surface area contributed by atoms with Crippen molar-refractivity contribution in [2.45, 2.75) is 24.5 Å². The molecular weight excluding hydrogens is 308 g/mol. The van der Waals surface area contributed by atoms with Gasteiger partial charge in [0.25, 0.3) is 0 Å². The van der Waals surface area contributed by atoms with E-state index in [-0.39, 0.29) is 0 Å². The number of aromatic nitrogens is 2. The van der Waals surface area contributed by atoms with Crippen molar-refractivity contribution in [1.29, 1.82) is 0 Å². The fourth-order valence-electron chi connectivity index (χ4n) is 2.90. The number of nitrogens with zero attached hydrogens (tertiary/aromatic N) is 2. The van der Waals surface area contributed by atoms with Crippen molar-refractivity contribution in [3.63, 3.8) is 0 Å². The minimum atomic E-state index is 0.405. The number of fused-ring (bicyclic) bond motifs is 3. The maximum Gasteiger partial charge on any atom is 0.152 e. The molecule has 0 bridgehead atoms. The van der Waals surface area contributed by atoms with Crippen molar-refractivity contribution in [2.24, 2.45) is 5.84 Å². The number of rotatable bonds is 2. The van der Waals surface area contributed by atoms with Crippen LogP contribution < -0.4 is 11.3 Å². The topological polar surface area (TPSA) is 63.8 Å². The highest BCUT2D eigenvalue weighted by Crippen LogP contribution is 2.42. The number of nitrogens with two attached hydrogens (primary N) is 1. The van der Waals surface area contributed by atoms with Crippen LogP contribution in [-0.2, 0) is 12.8 Å². The van der Waals surface area contributed by atoms with Crippen molar-refractivity contribution in [3.05, 3.63) is 16.3 Å². The van der Waals surface area contributed by atoms with Gasteiger partial charge >= 0.3 is 0 Å². The number of hydrogen-bond acceptors (Lipinski definition) is 7. The van der Waals surface area contributed by atoms with E-state index in [2.05, 4.69) is 5.43 Å². The maximum atomic E-state index is 5.72. The van der Waals surface area contributed by atoms with Gasteiger partial charge in [0.05, 0.1) is 10.6 Å². The van der Waals surface area contributed by atoms with E-state index in [4.69, 9.17) is 15.8 Å². The summed E-state index contributed by atoms with van der Waals surface area (Å²) in [6, 6.07) is 0. The first-order valence-electron chi connectivity index (χ1n) is 6.85. The predicted octanol–water partition coefficient (Wildman–Crippen LogP) is 2.99. The molecule has 1 saturated heterocycles. The van der Waals surface area contributed by atoms with E-state index in [0.29, 0.717) is 5.25 Å². The average Bonchev–Trinajstić information content (AvgIpc) is 3.07. The molecule has 20 heavy (non-hydrogen) atoms. The smallest absolute Gasteiger partial charge is 0.152 e. The van der Waals surface area contributed by atoms with Crippen LogP contribution in [-0.4, -0.2) is 27.2 Å². The molecule has 0 aromatic carbocycles. The molecule has 1 aliphatic heterocycles. The molecule has 0 radical (unpaired) electrons. The first-order valence-corrected chi connectivity index (χ1v) is 9.87. The zero-order chi connectivity index (χ0) is 13.5. The Morgan fingerprint density at radius 1 is 1.20 bits per heavy atom. The largest absolute Gasteiger partial charge is 0.308 e. The minimum absolute atomic E-state index is 0.405. The van der Waals surface area contributed by atoms with E-state index in [1.807, 2.05) is 34.9 Å². The lowest BCUT2D eigenvalue weighted by molar-refractivity contribution is 0.914. The van der Waals surface area contributed by atoms with E-state index < -0.39 is 0 Å². The van der Waals surface area contributed by atoms with Crippen molar-refractivity contribution in [2.75, 3.05) is 22.7 Å². The van der Waals surface area contributed by atoms with Gasteiger partial charge in [0, 0.05) is 22.1 Å². The van der Waals surface area contributed by atoms with Crippen molar-refractivity contribution in [1.82, 2.24) is 9.97 Å². The number of aryl methyl sites for hydroxylation is 2. The second-order valence-corrected chi connectivity index (χ2v) is 8.59. The van der Waals surface area contributed by atoms with Crippen molar-refractivity contribution < 1.29 is 0 Å². The van der Waals surface area contributed by atoms with Crippen LogP contribution in [0.15, 0.2) is 0 Å². The average molecular weight is 325 g/mol. The van der Waals surface area contributed by atoms with Gasteiger partial charge in [-0.05, 0) is 24.8 Å². The Balaban J connectivity index is 1.84. The van der Waals surface area contributed by atoms with E-state index in [1.165, 1.54) is 40.2 Å². The summed E-state index contributed by atoms with van der Waals surface area (Å²) in [5.41, 5.74) is 4.23. The van der Waals surface area contributed by atoms with Crippen LogP contribution in [0.25, 0.3) is 10.2 Å². The van der Waals surface area contributed by atoms with Crippen LogP contribution in [0.2, 0.25) is 0 Å². The predicted molar refractivity (Wildman–Crippen MR) is 89.8 cm³/mol. The molecule has 0 saturated carbocycles. The lowest BCUT2D eigenvalue weighted by atomic mass is 10.2. The monoisotopic (exact) mass is 324 g/mol. The molecule has 0 spiro atoms. The van der Waals surface area contributed by atoms with Crippen LogP contribution in [0.4, 0.5) is 5.82 Å². The molecule has 4 rings (SSSR count). The fraction of sp³-hybridized carbons (Fsp3) is 0.538. The molecule has 3 N–H and O–H groups in total. The van der Waals surface area contributed by atoms with Crippen LogP contribution in [0.5, 0.6) is 0 Å². The SMILES string of the molecule is NNc1nc(C2CSCCS2)nc2sc3c(c12)CCC3. The molecule has 1 fully saturated rings. The molecule has 4 nitrogen and oxygen atoms in total. The van der Waals surface area contributed by atoms with Gasteiger partial charge in [-0.1, -0.05) is 0 Å². The molecule has 1 unspecified atom stereocenters. The number of thioether (sulfide) groups is 2. The van der Waals surface area contributed by atoms with Gasteiger partial charge in [0.15, 0.2) is 5.82 Å². The number of anilines is 1. The van der Waals surface area contributed by atoms with Gasteiger partial charge in [-0.15, -0.1) is 23.1 Å². The molecule has 2 aromatic heterocycles. The molecule has 7 heteroatoms. The third kappa shape index (κ3) is 2.11. The lowest BCUT2D eigenvalue weighted by Crippen LogP contribution is -2.14. The zero-order valence-corrected chi connectivity index (χ0v) is 13.5. The lowest BCUT2D eigenvalue weighted by Gasteiger charge is -2.20. The Labute approximate surface area is 130 Å². The molecule has 1 aliphatic carbocycles. The molecule has 2 aromatic rings. The summed E-state index contributed by atoms with van der Waals surface area (Å²) >= 11 is 5.79. The van der Waals surface area contributed by atoms with Gasteiger partial charge in [0.1, 0.15) is 10.7 Å². The third-order valence-corrected chi connectivity index (χ3v) is 7.76. The second-order valence-electron chi connectivity index (χ2n) is 5.05. The van der Waals surface area contributed by atoms with Gasteiger partial charge in [-0.25, -0.2) is 15.8 Å². The molecular formula is C13H16N4S3. The van der Waals surface area contributed by atoms with Gasteiger partial charge in [-0.3, -0.25) is 0 Å². The molecule has 0 amide bonds. The van der Waals surface area contributed by atoms with Crippen molar-refractivity contribution >= 4 is 50.9 Å². The summed E-state index contributed by atoms with van der Waals surface area (Å²) in [7, 11) is 0. The number of nitrogen functional groups attached to an aromatic ring is 1. The highest BCUT2D eigenvalue weighted by Gasteiger charge is 2.25. The number of thiophene rings is 1. The highest BCUT2D eigenvalue weighted by atomic mass is 32.2. The normalized spacial score (nSPS) is 22.1. The standard InChI is InChI=1S/C13H16N4S3/c14-17-12-10-7-2-1-3-8(7)20-13(10)16-11(15-12)9-6-18-4-5-19-9/h9H,1-6,14H2,(H,15,16,17). The quantitative estimate of drug-likeness (QED) is 0.654. The highest BCUT2D eigenvalue weighted by molar-refractivity contribution is 8.06. The van der Waals surface area contributed by atoms with Crippen LogP contribution >= 0.6 is 34.9 Å². The van der Waals surface area contributed by atoms with E-state index >= 15 is 0 Å². The number of hydrogen-bond donors (Lipinski definition) is 2. The Morgan fingerprint density at radius 3 is 2.95 bits per heavy atom. The molecule has 2 aliphatic rings. The van der Waals surface area contributed by atoms with Crippen LogP contribution in [0.1, 0.15) is 27.9 Å². The molecule has 3 heterocycles. The Bertz CT molecular complexity index is 649. The van der Waals surface area contributed by atoms with E-state index in [9.17, 15) is 0 Å². The van der Waals surface area contributed by atoms with Gasteiger partial charge in [-0.2, -0.15) is 11.8 Å². The fourth-order valence-corrected chi connectivity index (χ4v) is 6.76. The summed E-state index contributed by atoms with van der Waals surface area (Å²) in [5.74, 6) is 11.0. The second kappa shape index (κ2) is 5.36. The number of hydrazine groups is 1. The molecule has 106 valence electrons. The first kappa shape index (κ1) is 13.2. The Kier molecular flexibility index (Phi) is 3.54. The Hall–Kier alpha value is -0.500. The van der Waals surface area contributed by atoms with Gasteiger partial charge in [0.2, 0.25) is 0 Å². The summed E-state index contributed by atoms with van der Waals surface area (Å²) in [6.07, 6.45) is 3.57. The minimum Gasteiger partial charge on any atom is -0.308 e. The third-order valence-electron chi connectivity index (χ3n) is 3.82. The summed E-state index contributed by atoms with van der Waals surface area (Å²) < 4.78 is 0. The van der Waals surface area contributed by atoms with Crippen molar-refractivity contribution in [3.8, 4) is 0 Å². The maximum absolute atomic E-state index is 5.72. The number of nitrogens with one attached hydrogen (secondary N) is 1. The summed E-state index contributed by atoms with van der Waals surface area (Å²) in [6.45, 7) is 0. The molecule has 1 atom stereocenters. The van der Waals surface area contributed by atoms with E-state index in [0.717, 1.165) is 28.6 Å². The first-order chi connectivity index (χ1) is 9.86. The zero-order valence-electron chi connectivity index (χ0n) is 11.0. The van der Waals surface area contributed by atoms with E-state index in [1.54, 1.807) is 0 Å². The van der Waals surface area contributed by atoms with Crippen LogP contribution in [0, 0.1) is 0 Å².